The second-order valence-corrected chi connectivity index (χ2v) is 8.87. The van der Waals surface area contributed by atoms with Gasteiger partial charge in [0.15, 0.2) is 0 Å². The minimum absolute atomic E-state index is 0.126. The van der Waals surface area contributed by atoms with Crippen molar-refractivity contribution in [1.29, 1.82) is 0 Å². The summed E-state index contributed by atoms with van der Waals surface area (Å²) in [5.74, 6) is 0.182. The fraction of sp³-hybridized carbons (Fsp3) is 0.360. The number of pyridine rings is 3. The normalized spacial score (nSPS) is 22.0. The fourth-order valence-corrected chi connectivity index (χ4v) is 4.86. The van der Waals surface area contributed by atoms with Crippen LogP contribution in [-0.2, 0) is 6.18 Å². The van der Waals surface area contributed by atoms with Crippen LogP contribution in [0.2, 0.25) is 0 Å². The molecule has 0 N–H and O–H groups in total. The molecule has 3 aromatic rings. The van der Waals surface area contributed by atoms with Gasteiger partial charge in [0, 0.05) is 36.8 Å². The van der Waals surface area contributed by atoms with Gasteiger partial charge in [0.2, 0.25) is 5.88 Å². The van der Waals surface area contributed by atoms with E-state index < -0.39 is 11.7 Å². The number of carbonyl (C=O) groups is 1. The topological polar surface area (TPSA) is 68.2 Å². The number of ether oxygens (including phenoxy) is 1. The number of halogens is 3. The number of rotatable bonds is 4. The average Bonchev–Trinajstić information content (AvgIpc) is 2.84. The number of alkyl halides is 3. The Labute approximate surface area is 194 Å². The molecule has 1 saturated carbocycles. The van der Waals surface area contributed by atoms with E-state index in [0.717, 1.165) is 37.1 Å². The van der Waals surface area contributed by atoms with Crippen molar-refractivity contribution in [2.45, 2.75) is 44.5 Å². The van der Waals surface area contributed by atoms with Crippen molar-refractivity contribution in [3.8, 4) is 17.1 Å². The molecule has 5 heterocycles. The molecule has 2 saturated heterocycles. The van der Waals surface area contributed by atoms with Gasteiger partial charge in [0.25, 0.3) is 5.91 Å². The molecule has 3 atom stereocenters. The summed E-state index contributed by atoms with van der Waals surface area (Å²) in [6.45, 7) is 2.51. The molecule has 0 spiro atoms. The van der Waals surface area contributed by atoms with Crippen molar-refractivity contribution in [2.75, 3.05) is 6.54 Å². The van der Waals surface area contributed by atoms with Gasteiger partial charge in [0.1, 0.15) is 11.8 Å². The third kappa shape index (κ3) is 4.34. The number of fused-ring (bicyclic) bond motifs is 3. The maximum Gasteiger partial charge on any atom is 0.417 e. The molecule has 3 aliphatic rings. The summed E-state index contributed by atoms with van der Waals surface area (Å²) in [6, 6.07) is 9.42. The van der Waals surface area contributed by atoms with E-state index >= 15 is 0 Å². The molecule has 0 aromatic carbocycles. The summed E-state index contributed by atoms with van der Waals surface area (Å²) >= 11 is 0. The van der Waals surface area contributed by atoms with Gasteiger partial charge in [-0.2, -0.15) is 13.2 Å². The van der Waals surface area contributed by atoms with Crippen LogP contribution in [0.25, 0.3) is 11.3 Å². The number of piperidine rings is 2. The van der Waals surface area contributed by atoms with Crippen molar-refractivity contribution in [2.24, 2.45) is 5.92 Å². The van der Waals surface area contributed by atoms with E-state index in [4.69, 9.17) is 4.74 Å². The molecular formula is C25H23F3N4O2. The van der Waals surface area contributed by atoms with Gasteiger partial charge in [-0.25, -0.2) is 4.98 Å². The largest absolute Gasteiger partial charge is 0.472 e. The molecule has 1 aliphatic carbocycles. The molecule has 2 bridgehead atoms. The van der Waals surface area contributed by atoms with E-state index in [9.17, 15) is 18.0 Å². The van der Waals surface area contributed by atoms with Crippen LogP contribution >= 0.6 is 0 Å². The summed E-state index contributed by atoms with van der Waals surface area (Å²) < 4.78 is 44.5. The average molecular weight is 468 g/mol. The van der Waals surface area contributed by atoms with Crippen molar-refractivity contribution >= 4 is 5.91 Å². The Morgan fingerprint density at radius 2 is 1.94 bits per heavy atom. The fourth-order valence-electron chi connectivity index (χ4n) is 4.86. The van der Waals surface area contributed by atoms with E-state index in [1.807, 2.05) is 31.2 Å². The van der Waals surface area contributed by atoms with Crippen LogP contribution in [0.5, 0.6) is 5.88 Å². The van der Waals surface area contributed by atoms with Crippen LogP contribution in [-0.4, -0.2) is 44.4 Å². The first-order valence-electron chi connectivity index (χ1n) is 11.2. The Morgan fingerprint density at radius 1 is 1.09 bits per heavy atom. The first kappa shape index (κ1) is 22.3. The molecule has 1 amide bonds. The van der Waals surface area contributed by atoms with Crippen LogP contribution in [0.3, 0.4) is 0 Å². The predicted molar refractivity (Wildman–Crippen MR) is 118 cm³/mol. The lowest BCUT2D eigenvalue weighted by Gasteiger charge is -2.49. The highest BCUT2D eigenvalue weighted by Crippen LogP contribution is 2.39. The lowest BCUT2D eigenvalue weighted by Crippen LogP contribution is -2.59. The van der Waals surface area contributed by atoms with Gasteiger partial charge in [-0.05, 0) is 61.9 Å². The Balaban J connectivity index is 1.40. The van der Waals surface area contributed by atoms with E-state index in [1.54, 1.807) is 17.3 Å². The highest BCUT2D eigenvalue weighted by molar-refractivity contribution is 5.99. The molecule has 9 heteroatoms. The molecule has 3 fully saturated rings. The van der Waals surface area contributed by atoms with Crippen LogP contribution in [0.1, 0.15) is 40.9 Å². The molecule has 34 heavy (non-hydrogen) atoms. The summed E-state index contributed by atoms with van der Waals surface area (Å²) in [4.78, 5) is 28.2. The monoisotopic (exact) mass is 468 g/mol. The molecule has 3 aromatic heterocycles. The van der Waals surface area contributed by atoms with Crippen LogP contribution in [0, 0.1) is 12.8 Å². The Kier molecular flexibility index (Phi) is 5.71. The maximum absolute atomic E-state index is 13.7. The number of carbonyl (C=O) groups excluding carboxylic acids is 1. The highest BCUT2D eigenvalue weighted by atomic mass is 19.4. The number of aryl methyl sites for hydroxylation is 1. The predicted octanol–water partition coefficient (Wildman–Crippen LogP) is 4.94. The standard InChI is InChI=1S/C25H23F3N4O2/c1-15-10-18(19-4-2-3-9-29-19)23(31-12-15)24(33)32-14-16-5-7-20(32)21(11-16)34-22-8-6-17(13-30-22)25(26,27)28/h2-4,6,8-10,12-13,16,20-21H,5,7,11,14H2,1H3/t16?,20-,21+/m0/s1. The van der Waals surface area contributed by atoms with Gasteiger partial charge < -0.3 is 9.64 Å². The van der Waals surface area contributed by atoms with Crippen molar-refractivity contribution < 1.29 is 22.7 Å². The second-order valence-electron chi connectivity index (χ2n) is 8.87. The van der Waals surface area contributed by atoms with Gasteiger partial charge in [0.05, 0.1) is 17.3 Å². The van der Waals surface area contributed by atoms with Crippen molar-refractivity contribution in [3.05, 3.63) is 71.8 Å². The first-order chi connectivity index (χ1) is 16.3. The van der Waals surface area contributed by atoms with Crippen LogP contribution in [0.15, 0.2) is 55.0 Å². The first-order valence-corrected chi connectivity index (χ1v) is 11.2. The van der Waals surface area contributed by atoms with Crippen LogP contribution < -0.4 is 4.74 Å². The smallest absolute Gasteiger partial charge is 0.417 e. The SMILES string of the molecule is Cc1cnc(C(=O)N2CC3CC[C@H]2[C@H](Oc2ccc(C(F)(F)F)cn2)C3)c(-c2ccccn2)c1. The number of hydrogen-bond donors (Lipinski definition) is 0. The van der Waals surface area contributed by atoms with E-state index in [1.165, 1.54) is 6.07 Å². The third-order valence-electron chi connectivity index (χ3n) is 6.49. The Morgan fingerprint density at radius 3 is 2.62 bits per heavy atom. The van der Waals surface area contributed by atoms with E-state index in [2.05, 4.69) is 15.0 Å². The molecule has 176 valence electrons. The number of aromatic nitrogens is 3. The molecule has 6 nitrogen and oxygen atoms in total. The third-order valence-corrected chi connectivity index (χ3v) is 6.49. The minimum Gasteiger partial charge on any atom is -0.472 e. The minimum atomic E-state index is -4.45. The van der Waals surface area contributed by atoms with Crippen LogP contribution in [0.4, 0.5) is 13.2 Å². The molecule has 1 unspecified atom stereocenters. The molecule has 6 rings (SSSR count). The quantitative estimate of drug-likeness (QED) is 0.543. The zero-order valence-corrected chi connectivity index (χ0v) is 18.5. The lowest BCUT2D eigenvalue weighted by atomic mass is 9.77. The van der Waals surface area contributed by atoms with Gasteiger partial charge in [-0.15, -0.1) is 0 Å². The van der Waals surface area contributed by atoms with Crippen molar-refractivity contribution in [1.82, 2.24) is 19.9 Å². The summed E-state index contributed by atoms with van der Waals surface area (Å²) in [6.07, 6.45) is 1.78. The second kappa shape index (κ2) is 8.70. The van der Waals surface area contributed by atoms with Crippen molar-refractivity contribution in [3.63, 3.8) is 0 Å². The molecule has 0 radical (unpaired) electrons. The number of amides is 1. The number of hydrogen-bond acceptors (Lipinski definition) is 5. The summed E-state index contributed by atoms with van der Waals surface area (Å²) in [7, 11) is 0. The van der Waals surface area contributed by atoms with Gasteiger partial charge in [-0.3, -0.25) is 14.8 Å². The zero-order chi connectivity index (χ0) is 23.9. The number of nitrogens with zero attached hydrogens (tertiary/aromatic N) is 4. The van der Waals surface area contributed by atoms with E-state index in [-0.39, 0.29) is 29.9 Å². The lowest BCUT2D eigenvalue weighted by molar-refractivity contribution is -0.137. The highest BCUT2D eigenvalue weighted by Gasteiger charge is 2.45. The maximum atomic E-state index is 13.7. The summed E-state index contributed by atoms with van der Waals surface area (Å²) in [5.41, 5.74) is 1.78. The zero-order valence-electron chi connectivity index (χ0n) is 18.5. The van der Waals surface area contributed by atoms with E-state index in [0.29, 0.717) is 23.5 Å². The van der Waals surface area contributed by atoms with Gasteiger partial charge in [-0.1, -0.05) is 6.07 Å². The molecular weight excluding hydrogens is 445 g/mol. The Bertz CT molecular complexity index is 1190. The molecule has 2 aliphatic heterocycles. The Hall–Kier alpha value is -3.49. The van der Waals surface area contributed by atoms with Gasteiger partial charge >= 0.3 is 6.18 Å². The summed E-state index contributed by atoms with van der Waals surface area (Å²) in [5, 5.41) is 0.